The molecular weight excluding hydrogens is 745 g/mol. The largest absolute Gasteiger partial charge is 0.391 e. The maximum absolute atomic E-state index is 14.3. The number of nitrogens with zero attached hydrogens (tertiary/aromatic N) is 4. The van der Waals surface area contributed by atoms with Gasteiger partial charge < -0.3 is 35.0 Å². The second-order valence-electron chi connectivity index (χ2n) is 16.7. The molecule has 3 rings (SSSR count). The monoisotopic (exact) mass is 817 g/mol. The number of hydrogen-bond acceptors (Lipinski definition) is 10. The molecule has 1 aromatic carbocycles. The van der Waals surface area contributed by atoms with Crippen LogP contribution in [0.15, 0.2) is 30.3 Å². The molecule has 0 bridgehead atoms. The third-order valence-corrected chi connectivity index (χ3v) is 11.9. The highest BCUT2D eigenvalue weighted by Crippen LogP contribution is 2.30. The average molecular weight is 817 g/mol. The fraction of sp³-hybridized carbons (Fsp3) is 0.744. The van der Waals surface area contributed by atoms with Crippen molar-refractivity contribution in [1.82, 2.24) is 30.4 Å². The summed E-state index contributed by atoms with van der Waals surface area (Å²) in [7, 11) is 8.14. The number of likely N-dealkylation sites (N-methyl/N-ethyl adjacent to an activating group) is 2. The molecule has 3 N–H and O–H groups in total. The first-order chi connectivity index (χ1) is 27.5. The van der Waals surface area contributed by atoms with Crippen molar-refractivity contribution in [2.75, 3.05) is 55.1 Å². The van der Waals surface area contributed by atoms with Gasteiger partial charge in [0.05, 0.1) is 49.3 Å². The predicted octanol–water partition coefficient (Wildman–Crippen LogP) is 2.64. The minimum atomic E-state index is -0.961. The minimum Gasteiger partial charge on any atom is -0.391 e. The van der Waals surface area contributed by atoms with E-state index in [0.29, 0.717) is 45.4 Å². The molecule has 0 aromatic heterocycles. The topological polar surface area (TPSA) is 170 Å². The fourth-order valence-corrected chi connectivity index (χ4v) is 8.46. The van der Waals surface area contributed by atoms with Crippen LogP contribution in [0.5, 0.6) is 0 Å². The summed E-state index contributed by atoms with van der Waals surface area (Å²) in [4.78, 5) is 80.2. The number of hydrogen-bond donors (Lipinski definition) is 3. The number of rotatable bonds is 21. The van der Waals surface area contributed by atoms with Gasteiger partial charge in [-0.2, -0.15) is 0 Å². The first-order valence-corrected chi connectivity index (χ1v) is 21.0. The van der Waals surface area contributed by atoms with Gasteiger partial charge in [-0.05, 0) is 64.1 Å². The first-order valence-electron chi connectivity index (χ1n) is 21.0. The van der Waals surface area contributed by atoms with Crippen LogP contribution in [0.1, 0.15) is 85.6 Å². The molecule has 2 fully saturated rings. The van der Waals surface area contributed by atoms with Crippen LogP contribution in [0, 0.1) is 17.8 Å². The Morgan fingerprint density at radius 2 is 1.59 bits per heavy atom. The van der Waals surface area contributed by atoms with Crippen LogP contribution in [-0.4, -0.2) is 158 Å². The van der Waals surface area contributed by atoms with Crippen molar-refractivity contribution in [3.05, 3.63) is 35.9 Å². The Kier molecular flexibility index (Phi) is 19.5. The number of nitrogens with one attached hydrogen (secondary N) is 2. The van der Waals surface area contributed by atoms with Crippen molar-refractivity contribution >= 4 is 29.5 Å². The van der Waals surface area contributed by atoms with E-state index in [9.17, 15) is 29.1 Å². The lowest BCUT2D eigenvalue weighted by molar-refractivity contribution is -0.199. The van der Waals surface area contributed by atoms with Crippen molar-refractivity contribution < 1.29 is 43.4 Å². The summed E-state index contributed by atoms with van der Waals surface area (Å²) >= 11 is 0. The van der Waals surface area contributed by atoms with E-state index in [1.807, 2.05) is 58.0 Å². The smallest absolute Gasteiger partial charge is 0.269 e. The molecule has 0 saturated carbocycles. The van der Waals surface area contributed by atoms with Gasteiger partial charge in [0.1, 0.15) is 18.1 Å². The lowest BCUT2D eigenvalue weighted by Crippen LogP contribution is -2.60. The van der Waals surface area contributed by atoms with Crippen molar-refractivity contribution in [2.45, 2.75) is 135 Å². The molecule has 2 aliphatic rings. The van der Waals surface area contributed by atoms with E-state index in [0.717, 1.165) is 18.4 Å². The molecule has 58 heavy (non-hydrogen) atoms. The highest BCUT2D eigenvalue weighted by atomic mass is 16.7. The number of benzene rings is 1. The van der Waals surface area contributed by atoms with E-state index >= 15 is 0 Å². The third-order valence-electron chi connectivity index (χ3n) is 11.9. The summed E-state index contributed by atoms with van der Waals surface area (Å²) in [5.41, 5.74) is 0.899. The molecular formula is C43H72N6O9. The van der Waals surface area contributed by atoms with Gasteiger partial charge in [0.25, 0.3) is 5.91 Å². The molecule has 0 radical (unpaired) electrons. The number of hydroxylamine groups is 2. The summed E-state index contributed by atoms with van der Waals surface area (Å²) in [6, 6.07) is 6.00. The van der Waals surface area contributed by atoms with Crippen LogP contribution in [-0.2, 0) is 44.7 Å². The summed E-state index contributed by atoms with van der Waals surface area (Å²) in [5.74, 6) is -2.68. The number of ether oxygens (including phenoxy) is 2. The number of carbonyl (C=O) groups is 5. The summed E-state index contributed by atoms with van der Waals surface area (Å²) in [6.45, 7) is 12.4. The molecule has 1 aromatic rings. The minimum absolute atomic E-state index is 0.0242. The second-order valence-corrected chi connectivity index (χ2v) is 16.7. The third kappa shape index (κ3) is 12.7. The Bertz CT molecular complexity index is 1470. The van der Waals surface area contributed by atoms with E-state index in [1.165, 1.54) is 26.2 Å². The summed E-state index contributed by atoms with van der Waals surface area (Å²) < 4.78 is 12.0. The quantitative estimate of drug-likeness (QED) is 0.168. The Morgan fingerprint density at radius 3 is 2.12 bits per heavy atom. The van der Waals surface area contributed by atoms with Gasteiger partial charge in [0.15, 0.2) is 0 Å². The standard InChI is InChI=1S/C43H72N6O9/c1-12-28(4)37(47(9)43(55)36(27(2)3)45-41(53)38(30(6)50)46(7)8)34(56-10)26-35(51)48-22-18-21-33(48)39(57-11)29(5)40(52)44-32(25-31-19-14-13-15-20-31)42(54)49-23-16-17-24-58-49/h13-15,19-20,27-30,32-34,36-39,50H,12,16-18,21-26H2,1-11H3,(H,44,52)(H,45,53)/t28-,29+,30+,32-,33-,34+,36-,37-,38-,39+/m0/s1. The molecule has 0 spiro atoms. The average Bonchev–Trinajstić information content (AvgIpc) is 3.69. The number of amides is 5. The van der Waals surface area contributed by atoms with Crippen LogP contribution in [0.2, 0.25) is 0 Å². The Labute approximate surface area is 346 Å². The lowest BCUT2D eigenvalue weighted by atomic mass is 9.89. The maximum atomic E-state index is 14.3. The lowest BCUT2D eigenvalue weighted by Gasteiger charge is -2.41. The fourth-order valence-electron chi connectivity index (χ4n) is 8.46. The van der Waals surface area contributed by atoms with Crippen LogP contribution >= 0.6 is 0 Å². The van der Waals surface area contributed by atoms with Crippen molar-refractivity contribution in [3.63, 3.8) is 0 Å². The number of carbonyl (C=O) groups excluding carboxylic acids is 5. The Morgan fingerprint density at radius 1 is 0.914 bits per heavy atom. The van der Waals surface area contributed by atoms with Crippen LogP contribution < -0.4 is 10.6 Å². The van der Waals surface area contributed by atoms with Crippen molar-refractivity contribution in [3.8, 4) is 0 Å². The highest BCUT2D eigenvalue weighted by Gasteiger charge is 2.44. The Balaban J connectivity index is 1.80. The molecule has 15 heteroatoms. The summed E-state index contributed by atoms with van der Waals surface area (Å²) in [5, 5.41) is 17.5. The van der Waals surface area contributed by atoms with Crippen LogP contribution in [0.3, 0.4) is 0 Å². The van der Waals surface area contributed by atoms with Crippen LogP contribution in [0.4, 0.5) is 0 Å². The van der Waals surface area contributed by atoms with Gasteiger partial charge in [-0.1, -0.05) is 71.4 Å². The van der Waals surface area contributed by atoms with Crippen molar-refractivity contribution in [2.24, 2.45) is 17.8 Å². The molecule has 2 aliphatic heterocycles. The van der Waals surface area contributed by atoms with E-state index in [2.05, 4.69) is 10.6 Å². The first kappa shape index (κ1) is 48.7. The van der Waals surface area contributed by atoms with E-state index < -0.39 is 60.3 Å². The van der Waals surface area contributed by atoms with E-state index in [4.69, 9.17) is 14.3 Å². The van der Waals surface area contributed by atoms with E-state index in [-0.39, 0.29) is 41.9 Å². The molecule has 2 heterocycles. The van der Waals surface area contributed by atoms with E-state index in [1.54, 1.807) is 42.8 Å². The highest BCUT2D eigenvalue weighted by molar-refractivity contribution is 5.91. The zero-order valence-corrected chi connectivity index (χ0v) is 36.8. The molecule has 328 valence electrons. The molecule has 15 nitrogen and oxygen atoms in total. The van der Waals surface area contributed by atoms with Gasteiger partial charge >= 0.3 is 0 Å². The number of likely N-dealkylation sites (tertiary alicyclic amines) is 1. The molecule has 2 saturated heterocycles. The SMILES string of the molecule is CC[C@H](C)[C@@H]([C@@H](CC(=O)N1CCC[C@H]1[C@H](OC)[C@@H](C)C(=O)N[C@@H](Cc1ccccc1)C(=O)N1CCCCO1)OC)N(C)C(=O)[C@@H](NC(=O)[C@H]([C@@H](C)O)N(C)C)C(C)C. The van der Waals surface area contributed by atoms with Crippen molar-refractivity contribution in [1.29, 1.82) is 0 Å². The number of aliphatic hydroxyl groups excluding tert-OH is 1. The molecule has 5 amide bonds. The van der Waals surface area contributed by atoms with Gasteiger partial charge in [-0.25, -0.2) is 5.06 Å². The predicted molar refractivity (Wildman–Crippen MR) is 221 cm³/mol. The molecule has 0 aliphatic carbocycles. The van der Waals surface area contributed by atoms with Gasteiger partial charge in [-0.15, -0.1) is 0 Å². The Hall–Kier alpha value is -3.63. The zero-order valence-electron chi connectivity index (χ0n) is 36.8. The van der Waals surface area contributed by atoms with Gasteiger partial charge in [-0.3, -0.25) is 33.7 Å². The normalized spacial score (nSPS) is 20.7. The zero-order chi connectivity index (χ0) is 43.3. The second kappa shape index (κ2) is 23.2. The number of aliphatic hydroxyl groups is 1. The van der Waals surface area contributed by atoms with Gasteiger partial charge in [0.2, 0.25) is 23.6 Å². The number of methoxy groups -OCH3 is 2. The molecule has 10 atom stereocenters. The summed E-state index contributed by atoms with van der Waals surface area (Å²) in [6.07, 6.45) is 1.67. The maximum Gasteiger partial charge on any atom is 0.269 e. The molecule has 0 unspecified atom stereocenters. The van der Waals surface area contributed by atoms with Gasteiger partial charge in [0, 0.05) is 40.8 Å². The van der Waals surface area contributed by atoms with Crippen LogP contribution in [0.25, 0.3) is 0 Å².